The number of likely N-dealkylation sites (N-methyl/N-ethyl adjacent to an activating group) is 1. The second-order valence-corrected chi connectivity index (χ2v) is 7.52. The lowest BCUT2D eigenvalue weighted by molar-refractivity contribution is -0.116. The maximum atomic E-state index is 12.5. The molecule has 6 nitrogen and oxygen atoms in total. The van der Waals surface area contributed by atoms with Gasteiger partial charge in [-0.05, 0) is 43.4 Å². The number of hydrogen-bond acceptors (Lipinski definition) is 4. The van der Waals surface area contributed by atoms with Crippen LogP contribution < -0.4 is 10.2 Å². The van der Waals surface area contributed by atoms with Gasteiger partial charge in [0.1, 0.15) is 0 Å². The summed E-state index contributed by atoms with van der Waals surface area (Å²) in [7, 11) is 2.14. The first-order valence-corrected chi connectivity index (χ1v) is 10.0. The number of anilines is 2. The molecule has 150 valence electrons. The third-order valence-corrected chi connectivity index (χ3v) is 5.45. The second-order valence-electron chi connectivity index (χ2n) is 7.52. The van der Waals surface area contributed by atoms with Crippen molar-refractivity contribution in [2.75, 3.05) is 43.4 Å². The Morgan fingerprint density at radius 2 is 1.62 bits per heavy atom. The molecule has 1 fully saturated rings. The molecule has 2 aromatic carbocycles. The van der Waals surface area contributed by atoms with Crippen LogP contribution in [0, 0.1) is 0 Å². The van der Waals surface area contributed by atoms with Crippen LogP contribution in [-0.2, 0) is 4.79 Å². The van der Waals surface area contributed by atoms with Crippen LogP contribution in [0.1, 0.15) is 17.6 Å². The third-order valence-electron chi connectivity index (χ3n) is 5.45. The Kier molecular flexibility index (Phi) is 5.62. The number of benzene rings is 2. The molecular formula is C23H26N4O2. The van der Waals surface area contributed by atoms with Crippen LogP contribution in [-0.4, -0.2) is 54.5 Å². The molecule has 29 heavy (non-hydrogen) atoms. The summed E-state index contributed by atoms with van der Waals surface area (Å²) < 4.78 is 1.62. The second kappa shape index (κ2) is 8.49. The SMILES string of the molecule is CN1CCN(c2ccc(NC(=O)CCC(=O)n3ccc4ccccc43)cc2)CC1. The first-order valence-electron chi connectivity index (χ1n) is 10.0. The number of aromatic nitrogens is 1. The van der Waals surface area contributed by atoms with Gasteiger partial charge in [0.2, 0.25) is 11.8 Å². The molecule has 1 saturated heterocycles. The number of nitrogens with zero attached hydrogens (tertiary/aromatic N) is 3. The number of amides is 1. The molecule has 1 amide bonds. The van der Waals surface area contributed by atoms with Crippen molar-refractivity contribution in [3.63, 3.8) is 0 Å². The first-order chi connectivity index (χ1) is 14.1. The van der Waals surface area contributed by atoms with Crippen LogP contribution in [0.4, 0.5) is 11.4 Å². The standard InChI is InChI=1S/C23H26N4O2/c1-25-14-16-26(17-15-25)20-8-6-19(7-9-20)24-22(28)10-11-23(29)27-13-12-18-4-2-3-5-21(18)27/h2-9,12-13H,10-11,14-17H2,1H3,(H,24,28). The Balaban J connectivity index is 1.30. The van der Waals surface area contributed by atoms with Crippen molar-refractivity contribution in [3.05, 3.63) is 60.8 Å². The smallest absolute Gasteiger partial charge is 0.231 e. The van der Waals surface area contributed by atoms with Gasteiger partial charge in [-0.3, -0.25) is 14.2 Å². The maximum Gasteiger partial charge on any atom is 0.231 e. The Hall–Kier alpha value is -3.12. The Morgan fingerprint density at radius 3 is 2.38 bits per heavy atom. The summed E-state index contributed by atoms with van der Waals surface area (Å²) in [5.41, 5.74) is 2.80. The number of carbonyl (C=O) groups excluding carboxylic acids is 2. The molecule has 1 aliphatic heterocycles. The van der Waals surface area contributed by atoms with Crippen molar-refractivity contribution in [2.45, 2.75) is 12.8 Å². The van der Waals surface area contributed by atoms with Gasteiger partial charge in [0.25, 0.3) is 0 Å². The molecule has 0 unspecified atom stereocenters. The van der Waals surface area contributed by atoms with Crippen molar-refractivity contribution in [1.82, 2.24) is 9.47 Å². The molecule has 0 atom stereocenters. The van der Waals surface area contributed by atoms with Gasteiger partial charge in [-0.1, -0.05) is 18.2 Å². The molecule has 1 aliphatic rings. The summed E-state index contributed by atoms with van der Waals surface area (Å²) >= 11 is 0. The highest BCUT2D eigenvalue weighted by atomic mass is 16.2. The number of rotatable bonds is 5. The van der Waals surface area contributed by atoms with E-state index in [1.165, 1.54) is 5.69 Å². The van der Waals surface area contributed by atoms with Gasteiger partial charge in [0, 0.05) is 62.0 Å². The molecule has 1 N–H and O–H groups in total. The number of fused-ring (bicyclic) bond motifs is 1. The van der Waals surface area contributed by atoms with Gasteiger partial charge in [-0.15, -0.1) is 0 Å². The van der Waals surface area contributed by atoms with Crippen LogP contribution in [0.3, 0.4) is 0 Å². The Labute approximate surface area is 170 Å². The fourth-order valence-corrected chi connectivity index (χ4v) is 3.69. The highest BCUT2D eigenvalue weighted by Crippen LogP contribution is 2.20. The zero-order chi connectivity index (χ0) is 20.2. The normalized spacial score (nSPS) is 14.9. The predicted octanol–water partition coefficient (Wildman–Crippen LogP) is 3.45. The molecule has 3 aromatic rings. The van der Waals surface area contributed by atoms with Gasteiger partial charge in [0.05, 0.1) is 5.52 Å². The minimum absolute atomic E-state index is 0.0771. The number of hydrogen-bond donors (Lipinski definition) is 1. The summed E-state index contributed by atoms with van der Waals surface area (Å²) in [6.07, 6.45) is 2.09. The van der Waals surface area contributed by atoms with Crippen LogP contribution in [0.2, 0.25) is 0 Å². The van der Waals surface area contributed by atoms with Gasteiger partial charge < -0.3 is 15.1 Å². The van der Waals surface area contributed by atoms with Crippen molar-refractivity contribution < 1.29 is 9.59 Å². The fourth-order valence-electron chi connectivity index (χ4n) is 3.69. The Morgan fingerprint density at radius 1 is 0.897 bits per heavy atom. The van der Waals surface area contributed by atoms with Gasteiger partial charge in [-0.25, -0.2) is 0 Å². The molecule has 4 rings (SSSR count). The molecule has 0 spiro atoms. The van der Waals surface area contributed by atoms with E-state index in [0.717, 1.165) is 42.8 Å². The average molecular weight is 390 g/mol. The molecular weight excluding hydrogens is 364 g/mol. The fraction of sp³-hybridized carbons (Fsp3) is 0.304. The average Bonchev–Trinajstić information content (AvgIpc) is 3.17. The van der Waals surface area contributed by atoms with E-state index in [9.17, 15) is 9.59 Å². The Bertz CT molecular complexity index is 1000. The number of nitrogens with one attached hydrogen (secondary N) is 1. The predicted molar refractivity (Wildman–Crippen MR) is 117 cm³/mol. The molecule has 0 radical (unpaired) electrons. The van der Waals surface area contributed by atoms with E-state index in [-0.39, 0.29) is 24.7 Å². The van der Waals surface area contributed by atoms with Crippen molar-refractivity contribution in [3.8, 4) is 0 Å². The topological polar surface area (TPSA) is 57.6 Å². The van der Waals surface area contributed by atoms with E-state index in [1.807, 2.05) is 54.6 Å². The summed E-state index contributed by atoms with van der Waals surface area (Å²) in [5.74, 6) is -0.228. The third kappa shape index (κ3) is 4.49. The summed E-state index contributed by atoms with van der Waals surface area (Å²) in [6, 6.07) is 17.6. The molecule has 6 heteroatoms. The molecule has 1 aromatic heterocycles. The van der Waals surface area contributed by atoms with E-state index in [1.54, 1.807) is 10.8 Å². The van der Waals surface area contributed by atoms with Crippen molar-refractivity contribution >= 4 is 34.1 Å². The molecule has 0 aliphatic carbocycles. The van der Waals surface area contributed by atoms with Crippen LogP contribution in [0.25, 0.3) is 10.9 Å². The summed E-state index contributed by atoms with van der Waals surface area (Å²) in [6.45, 7) is 4.14. The summed E-state index contributed by atoms with van der Waals surface area (Å²) in [4.78, 5) is 29.5. The first kappa shape index (κ1) is 19.2. The number of para-hydroxylation sites is 1. The quantitative estimate of drug-likeness (QED) is 0.725. The van der Waals surface area contributed by atoms with Crippen LogP contribution >= 0.6 is 0 Å². The highest BCUT2D eigenvalue weighted by Gasteiger charge is 2.15. The van der Waals surface area contributed by atoms with Gasteiger partial charge in [-0.2, -0.15) is 0 Å². The van der Waals surface area contributed by atoms with Gasteiger partial charge in [0.15, 0.2) is 0 Å². The van der Waals surface area contributed by atoms with Crippen LogP contribution in [0.15, 0.2) is 60.8 Å². The lowest BCUT2D eigenvalue weighted by atomic mass is 10.2. The zero-order valence-electron chi connectivity index (χ0n) is 16.7. The molecule has 0 bridgehead atoms. The van der Waals surface area contributed by atoms with Gasteiger partial charge >= 0.3 is 0 Å². The zero-order valence-corrected chi connectivity index (χ0v) is 16.7. The summed E-state index contributed by atoms with van der Waals surface area (Å²) in [5, 5.41) is 3.91. The van der Waals surface area contributed by atoms with Crippen molar-refractivity contribution in [1.29, 1.82) is 0 Å². The van der Waals surface area contributed by atoms with Crippen LogP contribution in [0.5, 0.6) is 0 Å². The van der Waals surface area contributed by atoms with E-state index in [4.69, 9.17) is 0 Å². The van der Waals surface area contributed by atoms with E-state index >= 15 is 0 Å². The number of carbonyl (C=O) groups is 2. The maximum absolute atomic E-state index is 12.5. The lowest BCUT2D eigenvalue weighted by Crippen LogP contribution is -2.44. The monoisotopic (exact) mass is 390 g/mol. The van der Waals surface area contributed by atoms with E-state index in [0.29, 0.717) is 0 Å². The lowest BCUT2D eigenvalue weighted by Gasteiger charge is -2.34. The van der Waals surface area contributed by atoms with E-state index < -0.39 is 0 Å². The minimum atomic E-state index is -0.151. The minimum Gasteiger partial charge on any atom is -0.369 e. The largest absolute Gasteiger partial charge is 0.369 e. The molecule has 2 heterocycles. The molecule has 0 saturated carbocycles. The van der Waals surface area contributed by atoms with Crippen molar-refractivity contribution in [2.24, 2.45) is 0 Å². The highest BCUT2D eigenvalue weighted by molar-refractivity contribution is 5.96. The number of piperazine rings is 1. The van der Waals surface area contributed by atoms with E-state index in [2.05, 4.69) is 22.2 Å².